The summed E-state index contributed by atoms with van der Waals surface area (Å²) in [4.78, 5) is 15.9. The van der Waals surface area contributed by atoms with Crippen LogP contribution in [0.25, 0.3) is 0 Å². The predicted octanol–water partition coefficient (Wildman–Crippen LogP) is 1.77. The van der Waals surface area contributed by atoms with E-state index in [0.717, 1.165) is 5.56 Å². The molecule has 0 bridgehead atoms. The van der Waals surface area contributed by atoms with E-state index in [1.54, 1.807) is 18.5 Å². The number of nitrogens with one attached hydrogen (secondary N) is 1. The molecule has 104 valence electrons. The van der Waals surface area contributed by atoms with Gasteiger partial charge in [0.1, 0.15) is 11.5 Å². The monoisotopic (exact) mass is 272 g/mol. The summed E-state index contributed by atoms with van der Waals surface area (Å²) in [6.45, 7) is 0.486. The van der Waals surface area contributed by atoms with Crippen molar-refractivity contribution < 1.29 is 14.6 Å². The van der Waals surface area contributed by atoms with E-state index in [0.29, 0.717) is 18.7 Å². The molecule has 2 rings (SSSR count). The van der Waals surface area contributed by atoms with Crippen molar-refractivity contribution in [3.63, 3.8) is 0 Å². The van der Waals surface area contributed by atoms with Gasteiger partial charge in [0.05, 0.1) is 12.7 Å². The number of phenols is 1. The minimum Gasteiger partial charge on any atom is -0.507 e. The number of benzene rings is 1. The Hall–Kier alpha value is -2.56. The van der Waals surface area contributed by atoms with Gasteiger partial charge >= 0.3 is 0 Å². The van der Waals surface area contributed by atoms with Gasteiger partial charge < -0.3 is 15.2 Å². The van der Waals surface area contributed by atoms with Crippen LogP contribution < -0.4 is 10.1 Å². The minimum absolute atomic E-state index is 0.0628. The van der Waals surface area contributed by atoms with Crippen molar-refractivity contribution in [1.29, 1.82) is 0 Å². The van der Waals surface area contributed by atoms with Gasteiger partial charge in [-0.25, -0.2) is 0 Å². The number of hydrogen-bond acceptors (Lipinski definition) is 4. The van der Waals surface area contributed by atoms with Crippen molar-refractivity contribution in [2.75, 3.05) is 13.7 Å². The molecule has 1 heterocycles. The van der Waals surface area contributed by atoms with E-state index in [-0.39, 0.29) is 17.2 Å². The van der Waals surface area contributed by atoms with Crippen LogP contribution in [0.4, 0.5) is 0 Å². The molecule has 0 aliphatic carbocycles. The number of pyridine rings is 1. The first kappa shape index (κ1) is 13.9. The Morgan fingerprint density at radius 3 is 2.75 bits per heavy atom. The molecule has 0 saturated heterocycles. The smallest absolute Gasteiger partial charge is 0.255 e. The highest BCUT2D eigenvalue weighted by molar-refractivity contribution is 5.97. The maximum Gasteiger partial charge on any atom is 0.255 e. The molecule has 2 aromatic rings. The third-order valence-electron chi connectivity index (χ3n) is 2.90. The molecule has 0 atom stereocenters. The van der Waals surface area contributed by atoms with Gasteiger partial charge in [-0.15, -0.1) is 0 Å². The Balaban J connectivity index is 1.95. The molecule has 0 saturated carbocycles. The van der Waals surface area contributed by atoms with Crippen molar-refractivity contribution in [2.45, 2.75) is 6.42 Å². The maximum atomic E-state index is 12.0. The number of carbonyl (C=O) groups excluding carboxylic acids is 1. The molecular weight excluding hydrogens is 256 g/mol. The molecule has 0 spiro atoms. The predicted molar refractivity (Wildman–Crippen MR) is 74.9 cm³/mol. The van der Waals surface area contributed by atoms with E-state index in [4.69, 9.17) is 4.74 Å². The molecule has 0 aliphatic heterocycles. The molecule has 0 fully saturated rings. The lowest BCUT2D eigenvalue weighted by Crippen LogP contribution is -2.25. The van der Waals surface area contributed by atoms with Gasteiger partial charge in [0.2, 0.25) is 0 Å². The molecule has 0 radical (unpaired) electrons. The molecule has 5 heteroatoms. The fraction of sp³-hybridized carbons (Fsp3) is 0.200. The number of nitrogens with zero attached hydrogens (tertiary/aromatic N) is 1. The van der Waals surface area contributed by atoms with Crippen LogP contribution in [0.1, 0.15) is 15.9 Å². The summed E-state index contributed by atoms with van der Waals surface area (Å²) in [7, 11) is 1.51. The normalized spacial score (nSPS) is 10.1. The zero-order valence-corrected chi connectivity index (χ0v) is 11.2. The second-order valence-electron chi connectivity index (χ2n) is 4.24. The summed E-state index contributed by atoms with van der Waals surface area (Å²) in [5.41, 5.74) is 1.30. The highest BCUT2D eigenvalue weighted by atomic mass is 16.5. The van der Waals surface area contributed by atoms with Crippen molar-refractivity contribution in [2.24, 2.45) is 0 Å². The lowest BCUT2D eigenvalue weighted by molar-refractivity contribution is 0.0951. The van der Waals surface area contributed by atoms with Crippen LogP contribution in [-0.4, -0.2) is 29.7 Å². The number of methoxy groups -OCH3 is 1. The summed E-state index contributed by atoms with van der Waals surface area (Å²) < 4.78 is 5.04. The van der Waals surface area contributed by atoms with E-state index in [1.807, 2.05) is 12.1 Å². The molecule has 1 amide bonds. The third kappa shape index (κ3) is 3.47. The number of amides is 1. The van der Waals surface area contributed by atoms with Crippen LogP contribution in [0.15, 0.2) is 42.7 Å². The fourth-order valence-electron chi connectivity index (χ4n) is 1.79. The van der Waals surface area contributed by atoms with Crippen molar-refractivity contribution >= 4 is 5.91 Å². The average Bonchev–Trinajstić information content (AvgIpc) is 2.48. The van der Waals surface area contributed by atoms with E-state index in [1.165, 1.54) is 19.2 Å². The maximum absolute atomic E-state index is 12.0. The molecule has 20 heavy (non-hydrogen) atoms. The lowest BCUT2D eigenvalue weighted by atomic mass is 10.1. The fourth-order valence-corrected chi connectivity index (χ4v) is 1.79. The Morgan fingerprint density at radius 1 is 1.30 bits per heavy atom. The summed E-state index contributed by atoms with van der Waals surface area (Å²) >= 11 is 0. The topological polar surface area (TPSA) is 71.5 Å². The molecular formula is C15H16N2O3. The van der Waals surface area contributed by atoms with E-state index in [9.17, 15) is 9.90 Å². The van der Waals surface area contributed by atoms with Crippen LogP contribution in [0.2, 0.25) is 0 Å². The summed E-state index contributed by atoms with van der Waals surface area (Å²) in [6, 6.07) is 8.35. The minimum atomic E-state index is -0.324. The van der Waals surface area contributed by atoms with Gasteiger partial charge in [-0.2, -0.15) is 0 Å². The van der Waals surface area contributed by atoms with E-state index < -0.39 is 0 Å². The van der Waals surface area contributed by atoms with Gasteiger partial charge in [0.25, 0.3) is 5.91 Å². The summed E-state index contributed by atoms with van der Waals surface area (Å²) in [6.07, 6.45) is 4.13. The van der Waals surface area contributed by atoms with Crippen molar-refractivity contribution in [3.8, 4) is 11.5 Å². The van der Waals surface area contributed by atoms with Crippen LogP contribution >= 0.6 is 0 Å². The average molecular weight is 272 g/mol. The quantitative estimate of drug-likeness (QED) is 0.870. The number of carbonyl (C=O) groups is 1. The zero-order chi connectivity index (χ0) is 14.4. The highest BCUT2D eigenvalue weighted by Gasteiger charge is 2.11. The number of hydrogen-bond donors (Lipinski definition) is 2. The largest absolute Gasteiger partial charge is 0.507 e. The molecule has 1 aromatic carbocycles. The van der Waals surface area contributed by atoms with Gasteiger partial charge in [-0.3, -0.25) is 9.78 Å². The molecule has 5 nitrogen and oxygen atoms in total. The van der Waals surface area contributed by atoms with Gasteiger partial charge in [-0.1, -0.05) is 0 Å². The molecule has 2 N–H and O–H groups in total. The van der Waals surface area contributed by atoms with Crippen LogP contribution in [0, 0.1) is 0 Å². The summed E-state index contributed by atoms with van der Waals surface area (Å²) in [5.74, 6) is 0.143. The first-order valence-electron chi connectivity index (χ1n) is 6.25. The second-order valence-corrected chi connectivity index (χ2v) is 4.24. The number of aromatic nitrogens is 1. The van der Waals surface area contributed by atoms with Crippen LogP contribution in [0.5, 0.6) is 11.5 Å². The standard InChI is InChI=1S/C15H16N2O3/c1-20-12-2-3-14(18)13(10-12)15(19)17-9-6-11-4-7-16-8-5-11/h2-5,7-8,10,18H,6,9H2,1H3,(H,17,19). The van der Waals surface area contributed by atoms with Gasteiger partial charge in [-0.05, 0) is 42.3 Å². The van der Waals surface area contributed by atoms with Gasteiger partial charge in [0.15, 0.2) is 0 Å². The second kappa shape index (κ2) is 6.56. The number of ether oxygens (including phenoxy) is 1. The Bertz CT molecular complexity index is 585. The van der Waals surface area contributed by atoms with Crippen LogP contribution in [-0.2, 0) is 6.42 Å². The Labute approximate surface area is 117 Å². The summed E-state index contributed by atoms with van der Waals surface area (Å²) in [5, 5.41) is 12.5. The molecule has 0 unspecified atom stereocenters. The molecule has 0 aliphatic rings. The lowest BCUT2D eigenvalue weighted by Gasteiger charge is -2.08. The Kier molecular flexibility index (Phi) is 4.55. The van der Waals surface area contributed by atoms with Crippen molar-refractivity contribution in [3.05, 3.63) is 53.9 Å². The molecule has 1 aromatic heterocycles. The van der Waals surface area contributed by atoms with E-state index in [2.05, 4.69) is 10.3 Å². The first-order valence-corrected chi connectivity index (χ1v) is 6.25. The van der Waals surface area contributed by atoms with E-state index >= 15 is 0 Å². The van der Waals surface area contributed by atoms with Crippen LogP contribution in [0.3, 0.4) is 0 Å². The van der Waals surface area contributed by atoms with Gasteiger partial charge in [0, 0.05) is 18.9 Å². The number of phenolic OH excluding ortho intramolecular Hbond substituents is 1. The third-order valence-corrected chi connectivity index (χ3v) is 2.90. The zero-order valence-electron chi connectivity index (χ0n) is 11.2. The number of rotatable bonds is 5. The first-order chi connectivity index (χ1) is 9.70. The number of aromatic hydroxyl groups is 1. The Morgan fingerprint density at radius 2 is 2.05 bits per heavy atom. The highest BCUT2D eigenvalue weighted by Crippen LogP contribution is 2.22. The van der Waals surface area contributed by atoms with Crippen molar-refractivity contribution in [1.82, 2.24) is 10.3 Å². The SMILES string of the molecule is COc1ccc(O)c(C(=O)NCCc2ccncc2)c1.